The van der Waals surface area contributed by atoms with Gasteiger partial charge in [-0.25, -0.2) is 4.98 Å². The molecule has 2 aromatic rings. The van der Waals surface area contributed by atoms with Gasteiger partial charge in [0.2, 0.25) is 5.88 Å². The average Bonchev–Trinajstić information content (AvgIpc) is 2.33. The molecule has 0 radical (unpaired) electrons. The van der Waals surface area contributed by atoms with Crippen molar-refractivity contribution in [2.24, 2.45) is 0 Å². The lowest BCUT2D eigenvalue weighted by molar-refractivity contribution is 0.394. The Hall–Kier alpha value is -1.13. The second-order valence-corrected chi connectivity index (χ2v) is 4.18. The van der Waals surface area contributed by atoms with Gasteiger partial charge < -0.3 is 4.74 Å². The minimum absolute atomic E-state index is 0.339. The van der Waals surface area contributed by atoms with E-state index in [0.717, 1.165) is 5.56 Å². The van der Waals surface area contributed by atoms with Gasteiger partial charge in [0.05, 0.1) is 7.11 Å². The van der Waals surface area contributed by atoms with Crippen LogP contribution < -0.4 is 4.74 Å². The van der Waals surface area contributed by atoms with Gasteiger partial charge in [0.15, 0.2) is 11.0 Å². The normalized spacial score (nSPS) is 10.2. The lowest BCUT2D eigenvalue weighted by Crippen LogP contribution is -1.96. The Morgan fingerprint density at radius 1 is 1.19 bits per heavy atom. The zero-order chi connectivity index (χ0) is 11.5. The smallest absolute Gasteiger partial charge is 0.232 e. The Bertz CT molecular complexity index is 505. The number of halogens is 2. The van der Waals surface area contributed by atoms with Crippen LogP contribution in [0.5, 0.6) is 5.88 Å². The van der Waals surface area contributed by atoms with Crippen molar-refractivity contribution in [3.63, 3.8) is 0 Å². The van der Waals surface area contributed by atoms with Gasteiger partial charge in [-0.2, -0.15) is 4.98 Å². The first-order valence-electron chi connectivity index (χ1n) is 4.55. The standard InChI is InChI=1S/C11H8BrClN2O/c1-16-11-8(12)9(13)14-10(15-11)7-5-3-2-4-6-7/h2-6H,1H3. The molecule has 0 N–H and O–H groups in total. The highest BCUT2D eigenvalue weighted by molar-refractivity contribution is 9.10. The minimum atomic E-state index is 0.339. The summed E-state index contributed by atoms with van der Waals surface area (Å²) in [5.41, 5.74) is 0.898. The molecule has 1 aromatic carbocycles. The summed E-state index contributed by atoms with van der Waals surface area (Å²) in [6.45, 7) is 0. The van der Waals surface area contributed by atoms with Gasteiger partial charge in [0.1, 0.15) is 4.47 Å². The Morgan fingerprint density at radius 2 is 1.88 bits per heavy atom. The van der Waals surface area contributed by atoms with Crippen molar-refractivity contribution >= 4 is 27.5 Å². The fourth-order valence-electron chi connectivity index (χ4n) is 1.25. The quantitative estimate of drug-likeness (QED) is 0.795. The number of aromatic nitrogens is 2. The molecule has 0 bridgehead atoms. The van der Waals surface area contributed by atoms with E-state index in [1.165, 1.54) is 7.11 Å². The molecule has 0 saturated carbocycles. The van der Waals surface area contributed by atoms with Crippen molar-refractivity contribution in [3.05, 3.63) is 40.0 Å². The summed E-state index contributed by atoms with van der Waals surface area (Å²) in [4.78, 5) is 8.44. The highest BCUT2D eigenvalue weighted by Gasteiger charge is 2.11. The zero-order valence-corrected chi connectivity index (χ0v) is 10.8. The van der Waals surface area contributed by atoms with Crippen LogP contribution in [0.4, 0.5) is 0 Å². The van der Waals surface area contributed by atoms with Crippen molar-refractivity contribution in [3.8, 4) is 17.3 Å². The topological polar surface area (TPSA) is 35.0 Å². The molecule has 0 saturated heterocycles. The number of hydrogen-bond donors (Lipinski definition) is 0. The second-order valence-electron chi connectivity index (χ2n) is 3.03. The SMILES string of the molecule is COc1nc(-c2ccccc2)nc(Cl)c1Br. The van der Waals surface area contributed by atoms with Gasteiger partial charge in [0, 0.05) is 5.56 Å². The van der Waals surface area contributed by atoms with Crippen molar-refractivity contribution in [1.82, 2.24) is 9.97 Å². The Labute approximate surface area is 107 Å². The highest BCUT2D eigenvalue weighted by atomic mass is 79.9. The maximum atomic E-state index is 5.97. The van der Waals surface area contributed by atoms with Crippen LogP contribution in [-0.4, -0.2) is 17.1 Å². The largest absolute Gasteiger partial charge is 0.480 e. The molecule has 82 valence electrons. The predicted molar refractivity (Wildman–Crippen MR) is 66.7 cm³/mol. The average molecular weight is 300 g/mol. The van der Waals surface area contributed by atoms with E-state index in [0.29, 0.717) is 21.3 Å². The van der Waals surface area contributed by atoms with Crippen molar-refractivity contribution < 1.29 is 4.74 Å². The highest BCUT2D eigenvalue weighted by Crippen LogP contribution is 2.31. The predicted octanol–water partition coefficient (Wildman–Crippen LogP) is 3.57. The Morgan fingerprint density at radius 3 is 2.50 bits per heavy atom. The van der Waals surface area contributed by atoms with Gasteiger partial charge in [-0.05, 0) is 15.9 Å². The molecule has 0 aliphatic rings. The molecular formula is C11H8BrClN2O. The number of ether oxygens (including phenoxy) is 1. The molecule has 2 rings (SSSR count). The summed E-state index contributed by atoms with van der Waals surface area (Å²) in [5.74, 6) is 0.976. The zero-order valence-electron chi connectivity index (χ0n) is 8.45. The summed E-state index contributed by atoms with van der Waals surface area (Å²) in [6, 6.07) is 9.60. The second kappa shape index (κ2) is 4.80. The molecule has 5 heteroatoms. The van der Waals surface area contributed by atoms with Crippen molar-refractivity contribution in [1.29, 1.82) is 0 Å². The molecule has 1 aromatic heterocycles. The molecule has 0 fully saturated rings. The maximum absolute atomic E-state index is 5.97. The number of nitrogens with zero attached hydrogens (tertiary/aromatic N) is 2. The van der Waals surface area contributed by atoms with E-state index in [1.807, 2.05) is 30.3 Å². The summed E-state index contributed by atoms with van der Waals surface area (Å²) in [7, 11) is 1.54. The summed E-state index contributed by atoms with van der Waals surface area (Å²) < 4.78 is 5.67. The van der Waals surface area contributed by atoms with Crippen LogP contribution in [0, 0.1) is 0 Å². The summed E-state index contributed by atoms with van der Waals surface area (Å²) in [5, 5.41) is 0.339. The van der Waals surface area contributed by atoms with Crippen LogP contribution in [0.2, 0.25) is 5.15 Å². The molecular weight excluding hydrogens is 291 g/mol. The number of benzene rings is 1. The van der Waals surface area contributed by atoms with E-state index >= 15 is 0 Å². The monoisotopic (exact) mass is 298 g/mol. The van der Waals surface area contributed by atoms with Gasteiger partial charge in [-0.3, -0.25) is 0 Å². The molecule has 0 atom stereocenters. The molecule has 0 amide bonds. The van der Waals surface area contributed by atoms with Crippen LogP contribution in [0.25, 0.3) is 11.4 Å². The molecule has 0 spiro atoms. The van der Waals surface area contributed by atoms with E-state index in [9.17, 15) is 0 Å². The number of rotatable bonds is 2. The number of hydrogen-bond acceptors (Lipinski definition) is 3. The lowest BCUT2D eigenvalue weighted by atomic mass is 10.2. The lowest BCUT2D eigenvalue weighted by Gasteiger charge is -2.06. The van der Waals surface area contributed by atoms with Crippen LogP contribution in [0.3, 0.4) is 0 Å². The van der Waals surface area contributed by atoms with Gasteiger partial charge >= 0.3 is 0 Å². The van der Waals surface area contributed by atoms with Gasteiger partial charge in [0.25, 0.3) is 0 Å². The third-order valence-corrected chi connectivity index (χ3v) is 3.22. The summed E-state index contributed by atoms with van der Waals surface area (Å²) >= 11 is 9.23. The first-order chi connectivity index (χ1) is 7.72. The van der Waals surface area contributed by atoms with E-state index in [4.69, 9.17) is 16.3 Å². The molecule has 16 heavy (non-hydrogen) atoms. The fraction of sp³-hybridized carbons (Fsp3) is 0.0909. The Kier molecular flexibility index (Phi) is 3.41. The first kappa shape index (κ1) is 11.4. The van der Waals surface area contributed by atoms with E-state index < -0.39 is 0 Å². The summed E-state index contributed by atoms with van der Waals surface area (Å²) in [6.07, 6.45) is 0. The van der Waals surface area contributed by atoms with Crippen molar-refractivity contribution in [2.75, 3.05) is 7.11 Å². The Balaban J connectivity index is 2.55. The van der Waals surface area contributed by atoms with Crippen LogP contribution in [0.1, 0.15) is 0 Å². The maximum Gasteiger partial charge on any atom is 0.232 e. The van der Waals surface area contributed by atoms with Crippen LogP contribution >= 0.6 is 27.5 Å². The van der Waals surface area contributed by atoms with E-state index in [-0.39, 0.29) is 0 Å². The molecule has 0 aliphatic carbocycles. The van der Waals surface area contributed by atoms with E-state index in [1.54, 1.807) is 0 Å². The molecule has 1 heterocycles. The molecule has 0 aliphatic heterocycles. The number of methoxy groups -OCH3 is 1. The third-order valence-electron chi connectivity index (χ3n) is 2.01. The van der Waals surface area contributed by atoms with Crippen molar-refractivity contribution in [2.45, 2.75) is 0 Å². The van der Waals surface area contributed by atoms with Gasteiger partial charge in [-0.1, -0.05) is 41.9 Å². The molecule has 0 unspecified atom stereocenters. The first-order valence-corrected chi connectivity index (χ1v) is 5.72. The van der Waals surface area contributed by atoms with Crippen LogP contribution in [0.15, 0.2) is 34.8 Å². The van der Waals surface area contributed by atoms with E-state index in [2.05, 4.69) is 25.9 Å². The van der Waals surface area contributed by atoms with Gasteiger partial charge in [-0.15, -0.1) is 0 Å². The third kappa shape index (κ3) is 2.18. The van der Waals surface area contributed by atoms with Crippen LogP contribution in [-0.2, 0) is 0 Å². The fourth-order valence-corrected chi connectivity index (χ4v) is 1.75. The molecule has 3 nitrogen and oxygen atoms in total. The minimum Gasteiger partial charge on any atom is -0.480 e.